The van der Waals surface area contributed by atoms with Crippen LogP contribution in [-0.2, 0) is 30.7 Å². The number of ether oxygens (including phenoxy) is 1. The molecule has 0 spiro atoms. The highest BCUT2D eigenvalue weighted by molar-refractivity contribution is 5.90. The summed E-state index contributed by atoms with van der Waals surface area (Å²) >= 11 is 0. The molecule has 0 bridgehead atoms. The van der Waals surface area contributed by atoms with Crippen LogP contribution in [0.4, 0.5) is 4.79 Å². The number of carbonyl (C=O) groups is 1. The van der Waals surface area contributed by atoms with Crippen LogP contribution in [0.15, 0.2) is 110 Å². The zero-order valence-electron chi connectivity index (χ0n) is 34.8. The van der Waals surface area contributed by atoms with E-state index in [0.717, 1.165) is 38.1 Å². The Kier molecular flexibility index (Phi) is 11.9. The smallest absolute Gasteiger partial charge is 0.410 e. The van der Waals surface area contributed by atoms with Crippen molar-refractivity contribution < 1.29 is 9.53 Å². The van der Waals surface area contributed by atoms with E-state index in [1.807, 2.05) is 25.7 Å². The summed E-state index contributed by atoms with van der Waals surface area (Å²) < 4.78 is 10.7. The van der Waals surface area contributed by atoms with Crippen molar-refractivity contribution in [3.8, 4) is 0 Å². The lowest BCUT2D eigenvalue weighted by molar-refractivity contribution is 0.0290. The van der Waals surface area contributed by atoms with Gasteiger partial charge in [0, 0.05) is 120 Å². The zero-order chi connectivity index (χ0) is 39.8. The first kappa shape index (κ1) is 43.2. The van der Waals surface area contributed by atoms with E-state index in [1.54, 1.807) is 0 Å². The van der Waals surface area contributed by atoms with Crippen molar-refractivity contribution in [3.05, 3.63) is 143 Å². The molecular weight excluding hydrogens is 788 g/mol. The number of fused-ring (bicyclic) bond motifs is 2. The molecule has 4 aromatic carbocycles. The maximum absolute atomic E-state index is 13.1. The second-order valence-electron chi connectivity index (χ2n) is 18.4. The van der Waals surface area contributed by atoms with Gasteiger partial charge in [-0.15, -0.1) is 12.4 Å². The van der Waals surface area contributed by atoms with Crippen LogP contribution in [0.5, 0.6) is 0 Å². The van der Waals surface area contributed by atoms with Gasteiger partial charge in [0.15, 0.2) is 0 Å². The van der Waals surface area contributed by atoms with Gasteiger partial charge in [-0.3, -0.25) is 0 Å². The number of aromatic nitrogens is 4. The van der Waals surface area contributed by atoms with Crippen LogP contribution in [0.2, 0.25) is 0 Å². The summed E-state index contributed by atoms with van der Waals surface area (Å²) in [5, 5.41) is 9.10. The van der Waals surface area contributed by atoms with Crippen molar-refractivity contribution in [2.24, 2.45) is 0 Å². The maximum Gasteiger partial charge on any atom is 0.410 e. The zero-order valence-corrected chi connectivity index (χ0v) is 35.7. The molecule has 9 heteroatoms. The van der Waals surface area contributed by atoms with Crippen LogP contribution in [0.1, 0.15) is 106 Å². The van der Waals surface area contributed by atoms with Gasteiger partial charge in [0.25, 0.3) is 0 Å². The van der Waals surface area contributed by atoms with Gasteiger partial charge in [-0.05, 0) is 92.0 Å². The molecule has 2 saturated heterocycles. The molecule has 0 saturated carbocycles. The van der Waals surface area contributed by atoms with Crippen LogP contribution in [0.3, 0.4) is 0 Å². The molecule has 1 amide bonds. The Labute approximate surface area is 372 Å². The highest BCUT2D eigenvalue weighted by Gasteiger charge is 2.41. The number of rotatable bonds is 4. The van der Waals surface area contributed by atoms with Gasteiger partial charge in [-0.1, -0.05) is 87.6 Å². The number of nitrogens with zero attached hydrogens (tertiary/aromatic N) is 3. The third-order valence-electron chi connectivity index (χ3n) is 13.7. The molecule has 3 N–H and O–H groups in total. The molecule has 0 unspecified atom stereocenters. The number of amides is 1. The van der Waals surface area contributed by atoms with Crippen LogP contribution >= 0.6 is 12.4 Å². The van der Waals surface area contributed by atoms with Crippen molar-refractivity contribution in [3.63, 3.8) is 0 Å². The standard InChI is InChI=1S/C28H31N3O2.C23H23N3.2CH4.ClH/c1-28(2,3)33-27(32)31-16-23(21-14-29-25-12-5-4-10-19(21)25)24(17-31)22-15-30-13-7-9-18-8-6-11-20(22)26(18)30;1-2-9-22-16(7-1)20(13-25-22)18-11-24-12-19(18)21-14-26-10-4-6-15-5-3-8-17(21)23(15)26;;;/h4-6,8,10-12,14-15,23-24,29H,7,9,13,16-17H2,1-3H3;1-3,5,7-9,13-14,18-19,24-25H,4,6,10-12H2;2*1H4;1H/t23-,24-;18-,19-;;;/m01.../s1. The first-order valence-electron chi connectivity index (χ1n) is 21.8. The first-order valence-corrected chi connectivity index (χ1v) is 21.8. The fourth-order valence-electron chi connectivity index (χ4n) is 11.2. The number of likely N-dealkylation sites (tertiary alicyclic amines) is 1. The Hall–Kier alpha value is -5.44. The van der Waals surface area contributed by atoms with E-state index in [9.17, 15) is 4.79 Å². The fourth-order valence-corrected chi connectivity index (χ4v) is 11.2. The molecule has 324 valence electrons. The van der Waals surface area contributed by atoms with Crippen molar-refractivity contribution in [2.75, 3.05) is 26.2 Å². The molecule has 2 fully saturated rings. The summed E-state index contributed by atoms with van der Waals surface area (Å²) in [6, 6.07) is 30.8. The van der Waals surface area contributed by atoms with Crippen LogP contribution < -0.4 is 5.32 Å². The molecule has 4 atom stereocenters. The monoisotopic (exact) mass is 850 g/mol. The van der Waals surface area contributed by atoms with Gasteiger partial charge in [0.2, 0.25) is 0 Å². The number of H-pyrrole nitrogens is 2. The topological polar surface area (TPSA) is 83.0 Å². The van der Waals surface area contributed by atoms with Crippen LogP contribution in [0.25, 0.3) is 43.6 Å². The van der Waals surface area contributed by atoms with Crippen LogP contribution in [0, 0.1) is 0 Å². The SMILES string of the molecule is C.C.CC(C)(C)OC(=O)N1C[C@@H](c2c[nH]c3ccccc23)[C@H](c2cn3c4c(cccc24)CCC3)C1.Cl.c1ccc2c([C@@H]3CNC[C@H]3c3cn4c5c(cccc35)CCC4)c[nH]c2c1. The third-order valence-corrected chi connectivity index (χ3v) is 13.7. The lowest BCUT2D eigenvalue weighted by atomic mass is 9.83. The number of para-hydroxylation sites is 4. The van der Waals surface area contributed by atoms with E-state index < -0.39 is 5.60 Å². The molecule has 4 aliphatic heterocycles. The molecule has 0 radical (unpaired) electrons. The molecule has 4 aromatic heterocycles. The average Bonchev–Trinajstić information content (AvgIpc) is 4.10. The number of benzene rings is 4. The Morgan fingerprint density at radius 2 is 1.05 bits per heavy atom. The summed E-state index contributed by atoms with van der Waals surface area (Å²) in [6.07, 6.45) is 13.8. The van der Waals surface area contributed by atoms with Gasteiger partial charge in [0.1, 0.15) is 5.60 Å². The molecule has 12 rings (SSSR count). The highest BCUT2D eigenvalue weighted by Crippen LogP contribution is 2.47. The molecule has 0 aliphatic carbocycles. The van der Waals surface area contributed by atoms with E-state index >= 15 is 0 Å². The second kappa shape index (κ2) is 17.0. The van der Waals surface area contributed by atoms with Gasteiger partial charge in [-0.25, -0.2) is 4.79 Å². The van der Waals surface area contributed by atoms with Crippen LogP contribution in [-0.4, -0.2) is 61.9 Å². The maximum atomic E-state index is 13.1. The lowest BCUT2D eigenvalue weighted by Crippen LogP contribution is -2.35. The Bertz CT molecular complexity index is 2870. The summed E-state index contributed by atoms with van der Waals surface area (Å²) in [5.41, 5.74) is 13.3. The number of halogens is 1. The number of nitrogens with one attached hydrogen (secondary N) is 3. The largest absolute Gasteiger partial charge is 0.444 e. The first-order chi connectivity index (χ1) is 28.8. The molecular formula is C53H63ClN6O2. The van der Waals surface area contributed by atoms with E-state index in [-0.39, 0.29) is 45.2 Å². The summed E-state index contributed by atoms with van der Waals surface area (Å²) in [6.45, 7) is 11.5. The average molecular weight is 852 g/mol. The lowest BCUT2D eigenvalue weighted by Gasteiger charge is -2.24. The number of aryl methyl sites for hydroxylation is 4. The molecule has 62 heavy (non-hydrogen) atoms. The summed E-state index contributed by atoms with van der Waals surface area (Å²) in [5.74, 6) is 1.48. The Balaban J connectivity index is 0.000000166. The predicted octanol–water partition coefficient (Wildman–Crippen LogP) is 12.4. The predicted molar refractivity (Wildman–Crippen MR) is 259 cm³/mol. The minimum Gasteiger partial charge on any atom is -0.444 e. The number of carbonyl (C=O) groups excluding carboxylic acids is 1. The second-order valence-corrected chi connectivity index (χ2v) is 18.4. The minimum absolute atomic E-state index is 0. The molecule has 8 nitrogen and oxygen atoms in total. The summed E-state index contributed by atoms with van der Waals surface area (Å²) in [7, 11) is 0. The van der Waals surface area contributed by atoms with Gasteiger partial charge in [-0.2, -0.15) is 0 Å². The van der Waals surface area contributed by atoms with Crippen molar-refractivity contribution in [1.82, 2.24) is 29.3 Å². The van der Waals surface area contributed by atoms with E-state index in [1.165, 1.54) is 90.7 Å². The van der Waals surface area contributed by atoms with Crippen molar-refractivity contribution in [2.45, 2.75) is 104 Å². The van der Waals surface area contributed by atoms with Crippen molar-refractivity contribution in [1.29, 1.82) is 0 Å². The molecule has 8 heterocycles. The number of hydrogen-bond acceptors (Lipinski definition) is 3. The van der Waals surface area contributed by atoms with Crippen molar-refractivity contribution >= 4 is 62.1 Å². The molecule has 8 aromatic rings. The quantitative estimate of drug-likeness (QED) is 0.165. The van der Waals surface area contributed by atoms with E-state index in [2.05, 4.69) is 134 Å². The van der Waals surface area contributed by atoms with E-state index in [4.69, 9.17) is 4.74 Å². The number of hydrogen-bond donors (Lipinski definition) is 3. The number of aromatic amines is 2. The van der Waals surface area contributed by atoms with Gasteiger partial charge >= 0.3 is 6.09 Å². The molecule has 4 aliphatic rings. The Morgan fingerprint density at radius 3 is 1.58 bits per heavy atom. The highest BCUT2D eigenvalue weighted by atomic mass is 35.5. The summed E-state index contributed by atoms with van der Waals surface area (Å²) in [4.78, 5) is 21.9. The normalized spacial score (nSPS) is 20.4. The van der Waals surface area contributed by atoms with E-state index in [0.29, 0.717) is 24.9 Å². The fraction of sp³-hybridized carbons (Fsp3) is 0.377. The minimum atomic E-state index is -0.505. The van der Waals surface area contributed by atoms with Gasteiger partial charge in [0.05, 0.1) is 11.0 Å². The Morgan fingerprint density at radius 1 is 0.597 bits per heavy atom. The third kappa shape index (κ3) is 7.39. The van der Waals surface area contributed by atoms with Gasteiger partial charge < -0.3 is 34.1 Å².